The van der Waals surface area contributed by atoms with Crippen LogP contribution in [0, 0.1) is 6.92 Å². The summed E-state index contributed by atoms with van der Waals surface area (Å²) < 4.78 is 0. The Morgan fingerprint density at radius 1 is 1.25 bits per heavy atom. The minimum atomic E-state index is 0.251. The normalized spacial score (nSPS) is 10.4. The summed E-state index contributed by atoms with van der Waals surface area (Å²) in [5, 5.41) is 2.01. The molecule has 0 bridgehead atoms. The van der Waals surface area contributed by atoms with Gasteiger partial charge in [-0.1, -0.05) is 0 Å². The van der Waals surface area contributed by atoms with Crippen LogP contribution in [-0.2, 0) is 0 Å². The van der Waals surface area contributed by atoms with Crippen molar-refractivity contribution in [1.82, 2.24) is 15.0 Å². The number of hydrogen-bond donors (Lipinski definition) is 1. The fraction of sp³-hybridized carbons (Fsp3) is 0.300. The van der Waals surface area contributed by atoms with E-state index < -0.39 is 0 Å². The van der Waals surface area contributed by atoms with Crippen LogP contribution in [0.2, 0.25) is 0 Å². The number of thiophene rings is 1. The number of nitrogens with zero attached hydrogens (tertiary/aromatic N) is 4. The van der Waals surface area contributed by atoms with E-state index in [0.717, 1.165) is 10.4 Å². The first-order valence-corrected chi connectivity index (χ1v) is 5.69. The molecule has 2 aromatic heterocycles. The molecule has 0 saturated heterocycles. The van der Waals surface area contributed by atoms with E-state index >= 15 is 0 Å². The lowest BCUT2D eigenvalue weighted by Crippen LogP contribution is -2.15. The van der Waals surface area contributed by atoms with E-state index in [1.807, 2.05) is 37.4 Å². The minimum absolute atomic E-state index is 0.251. The van der Waals surface area contributed by atoms with Crippen LogP contribution in [0.15, 0.2) is 11.4 Å². The van der Waals surface area contributed by atoms with Crippen molar-refractivity contribution in [2.45, 2.75) is 6.92 Å². The first kappa shape index (κ1) is 10.8. The lowest BCUT2D eigenvalue weighted by Gasteiger charge is -2.11. The van der Waals surface area contributed by atoms with Gasteiger partial charge in [0.2, 0.25) is 11.9 Å². The zero-order valence-electron chi connectivity index (χ0n) is 9.43. The third-order valence-corrected chi connectivity index (χ3v) is 3.12. The average molecular weight is 235 g/mol. The zero-order valence-corrected chi connectivity index (χ0v) is 10.2. The number of anilines is 2. The third kappa shape index (κ3) is 1.96. The molecule has 2 N–H and O–H groups in total. The molecule has 0 radical (unpaired) electrons. The zero-order chi connectivity index (χ0) is 11.7. The van der Waals surface area contributed by atoms with E-state index in [9.17, 15) is 0 Å². The molecule has 0 aliphatic rings. The molecule has 0 unspecified atom stereocenters. The molecular formula is C10H13N5S. The van der Waals surface area contributed by atoms with Crippen LogP contribution in [0.5, 0.6) is 0 Å². The van der Waals surface area contributed by atoms with Crippen molar-refractivity contribution in [2.75, 3.05) is 24.7 Å². The predicted molar refractivity (Wildman–Crippen MR) is 66.6 cm³/mol. The molecule has 2 aromatic rings. The summed E-state index contributed by atoms with van der Waals surface area (Å²) in [5.41, 5.74) is 6.82. The second kappa shape index (κ2) is 4.05. The lowest BCUT2D eigenvalue weighted by molar-refractivity contribution is 0.971. The maximum atomic E-state index is 5.67. The number of aromatic nitrogens is 3. The van der Waals surface area contributed by atoms with Gasteiger partial charge in [-0.25, -0.2) is 0 Å². The SMILES string of the molecule is Cc1ccsc1-c1nc(N)nc(N(C)C)n1. The van der Waals surface area contributed by atoms with E-state index in [2.05, 4.69) is 15.0 Å². The van der Waals surface area contributed by atoms with Crippen LogP contribution in [-0.4, -0.2) is 29.0 Å². The molecule has 0 amide bonds. The molecule has 0 atom stereocenters. The topological polar surface area (TPSA) is 67.9 Å². The van der Waals surface area contributed by atoms with Crippen molar-refractivity contribution >= 4 is 23.2 Å². The van der Waals surface area contributed by atoms with Gasteiger partial charge in [0.25, 0.3) is 0 Å². The van der Waals surface area contributed by atoms with Gasteiger partial charge in [-0.2, -0.15) is 15.0 Å². The minimum Gasteiger partial charge on any atom is -0.368 e. The molecule has 2 rings (SSSR count). The quantitative estimate of drug-likeness (QED) is 0.855. The molecule has 0 fully saturated rings. The summed E-state index contributed by atoms with van der Waals surface area (Å²) >= 11 is 1.60. The molecular weight excluding hydrogens is 222 g/mol. The first-order chi connectivity index (χ1) is 7.58. The van der Waals surface area contributed by atoms with Gasteiger partial charge in [-0.3, -0.25) is 0 Å². The van der Waals surface area contributed by atoms with Crippen LogP contribution in [0.4, 0.5) is 11.9 Å². The fourth-order valence-corrected chi connectivity index (χ4v) is 2.14. The van der Waals surface area contributed by atoms with Crippen LogP contribution >= 0.6 is 11.3 Å². The largest absolute Gasteiger partial charge is 0.368 e. The summed E-state index contributed by atoms with van der Waals surface area (Å²) in [4.78, 5) is 15.4. The monoisotopic (exact) mass is 235 g/mol. The second-order valence-corrected chi connectivity index (χ2v) is 4.56. The summed E-state index contributed by atoms with van der Waals surface area (Å²) in [6.45, 7) is 2.03. The van der Waals surface area contributed by atoms with Gasteiger partial charge >= 0.3 is 0 Å². The molecule has 84 valence electrons. The van der Waals surface area contributed by atoms with Gasteiger partial charge in [0.1, 0.15) is 0 Å². The highest BCUT2D eigenvalue weighted by Gasteiger charge is 2.11. The van der Waals surface area contributed by atoms with Crippen LogP contribution < -0.4 is 10.6 Å². The standard InChI is InChI=1S/C10H13N5S/c1-6-4-5-16-7(6)8-12-9(11)14-10(13-8)15(2)3/h4-5H,1-3H3,(H2,11,12,13,14). The smallest absolute Gasteiger partial charge is 0.230 e. The Morgan fingerprint density at radius 2 is 2.00 bits per heavy atom. The molecule has 0 aliphatic carbocycles. The summed E-state index contributed by atoms with van der Waals surface area (Å²) in [7, 11) is 3.75. The number of nitrogens with two attached hydrogens (primary N) is 1. The van der Waals surface area contributed by atoms with E-state index in [4.69, 9.17) is 5.73 Å². The van der Waals surface area contributed by atoms with Crippen LogP contribution in [0.1, 0.15) is 5.56 Å². The van der Waals surface area contributed by atoms with Gasteiger partial charge in [0.05, 0.1) is 4.88 Å². The van der Waals surface area contributed by atoms with Gasteiger partial charge in [-0.05, 0) is 23.9 Å². The van der Waals surface area contributed by atoms with E-state index in [1.54, 1.807) is 11.3 Å². The fourth-order valence-electron chi connectivity index (χ4n) is 1.28. The average Bonchev–Trinajstić information content (AvgIpc) is 2.63. The Hall–Kier alpha value is -1.69. The molecule has 0 aromatic carbocycles. The maximum absolute atomic E-state index is 5.67. The molecule has 6 heteroatoms. The van der Waals surface area contributed by atoms with Gasteiger partial charge in [-0.15, -0.1) is 11.3 Å². The Balaban J connectivity index is 2.54. The van der Waals surface area contributed by atoms with E-state index in [0.29, 0.717) is 11.8 Å². The van der Waals surface area contributed by atoms with Gasteiger partial charge < -0.3 is 10.6 Å². The Bertz CT molecular complexity index is 506. The summed E-state index contributed by atoms with van der Waals surface area (Å²) in [5.74, 6) is 1.47. The lowest BCUT2D eigenvalue weighted by atomic mass is 10.3. The van der Waals surface area contributed by atoms with Crippen LogP contribution in [0.3, 0.4) is 0 Å². The third-order valence-electron chi connectivity index (χ3n) is 2.11. The number of hydrogen-bond acceptors (Lipinski definition) is 6. The van der Waals surface area contributed by atoms with Crippen molar-refractivity contribution in [3.8, 4) is 10.7 Å². The Kier molecular flexibility index (Phi) is 2.74. The molecule has 2 heterocycles. The number of nitrogen functional groups attached to an aromatic ring is 1. The van der Waals surface area contributed by atoms with Gasteiger partial charge in [0, 0.05) is 14.1 Å². The molecule has 0 spiro atoms. The van der Waals surface area contributed by atoms with E-state index in [-0.39, 0.29) is 5.95 Å². The van der Waals surface area contributed by atoms with Crippen molar-refractivity contribution in [3.63, 3.8) is 0 Å². The summed E-state index contributed by atoms with van der Waals surface area (Å²) in [6, 6.07) is 2.04. The Labute approximate surface area is 98.0 Å². The maximum Gasteiger partial charge on any atom is 0.230 e. The van der Waals surface area contributed by atoms with Crippen molar-refractivity contribution < 1.29 is 0 Å². The molecule has 16 heavy (non-hydrogen) atoms. The van der Waals surface area contributed by atoms with Crippen LogP contribution in [0.25, 0.3) is 10.7 Å². The Morgan fingerprint density at radius 3 is 2.56 bits per heavy atom. The highest BCUT2D eigenvalue weighted by Crippen LogP contribution is 2.27. The van der Waals surface area contributed by atoms with Gasteiger partial charge in [0.15, 0.2) is 5.82 Å². The van der Waals surface area contributed by atoms with Crippen molar-refractivity contribution in [1.29, 1.82) is 0 Å². The predicted octanol–water partition coefficient (Wildman–Crippen LogP) is 1.56. The second-order valence-electron chi connectivity index (χ2n) is 3.64. The molecule has 0 saturated carbocycles. The van der Waals surface area contributed by atoms with E-state index in [1.165, 1.54) is 0 Å². The molecule has 5 nitrogen and oxygen atoms in total. The molecule has 0 aliphatic heterocycles. The first-order valence-electron chi connectivity index (χ1n) is 4.81. The van der Waals surface area contributed by atoms with Crippen molar-refractivity contribution in [2.24, 2.45) is 0 Å². The highest BCUT2D eigenvalue weighted by molar-refractivity contribution is 7.13. The van der Waals surface area contributed by atoms with Crippen molar-refractivity contribution in [3.05, 3.63) is 17.0 Å². The number of aryl methyl sites for hydroxylation is 1. The summed E-state index contributed by atoms with van der Waals surface area (Å²) in [6.07, 6.45) is 0. The number of rotatable bonds is 2. The highest BCUT2D eigenvalue weighted by atomic mass is 32.1.